The van der Waals surface area contributed by atoms with Crippen molar-refractivity contribution in [3.63, 3.8) is 0 Å². The zero-order chi connectivity index (χ0) is 11.3. The highest BCUT2D eigenvalue weighted by Gasteiger charge is 2.17. The lowest BCUT2D eigenvalue weighted by Crippen LogP contribution is -2.09. The van der Waals surface area contributed by atoms with E-state index in [1.165, 1.54) is 0 Å². The molecular weight excluding hydrogens is 194 g/mol. The smallest absolute Gasteiger partial charge is 0.128 e. The van der Waals surface area contributed by atoms with E-state index in [1.807, 2.05) is 6.07 Å². The minimum absolute atomic E-state index is 0.419. The predicted molar refractivity (Wildman–Crippen MR) is 58.2 cm³/mol. The van der Waals surface area contributed by atoms with Crippen LogP contribution in [0.2, 0.25) is 0 Å². The summed E-state index contributed by atoms with van der Waals surface area (Å²) in [5.41, 5.74) is 6.07. The van der Waals surface area contributed by atoms with Crippen molar-refractivity contribution in [2.45, 2.75) is 12.5 Å². The second-order valence-electron chi connectivity index (χ2n) is 3.17. The number of ether oxygens (including phenoxy) is 2. The molecular formula is C11H17NO3. The summed E-state index contributed by atoms with van der Waals surface area (Å²) in [6.07, 6.45) is -0.169. The first-order valence-corrected chi connectivity index (χ1v) is 4.83. The van der Waals surface area contributed by atoms with Crippen LogP contribution in [0, 0.1) is 0 Å². The summed E-state index contributed by atoms with van der Waals surface area (Å²) in [4.78, 5) is 0. The number of hydrogen-bond acceptors (Lipinski definition) is 4. The number of rotatable bonds is 5. The summed E-state index contributed by atoms with van der Waals surface area (Å²) in [6.45, 7) is 0.419. The van der Waals surface area contributed by atoms with Gasteiger partial charge in [0.1, 0.15) is 11.5 Å². The topological polar surface area (TPSA) is 64.7 Å². The first kappa shape index (κ1) is 11.8. The van der Waals surface area contributed by atoms with E-state index in [2.05, 4.69) is 0 Å². The van der Waals surface area contributed by atoms with Crippen molar-refractivity contribution in [2.75, 3.05) is 20.8 Å². The van der Waals surface area contributed by atoms with Crippen molar-refractivity contribution in [3.8, 4) is 11.5 Å². The van der Waals surface area contributed by atoms with Crippen molar-refractivity contribution >= 4 is 0 Å². The lowest BCUT2D eigenvalue weighted by Gasteiger charge is -2.17. The van der Waals surface area contributed by atoms with Crippen molar-refractivity contribution in [3.05, 3.63) is 23.8 Å². The van der Waals surface area contributed by atoms with Gasteiger partial charge in [-0.3, -0.25) is 0 Å². The van der Waals surface area contributed by atoms with E-state index < -0.39 is 6.10 Å². The van der Waals surface area contributed by atoms with Crippen LogP contribution in [0.3, 0.4) is 0 Å². The number of nitrogens with two attached hydrogens (primary N) is 1. The average molecular weight is 211 g/mol. The van der Waals surface area contributed by atoms with Crippen LogP contribution in [0.25, 0.3) is 0 Å². The molecule has 0 heterocycles. The van der Waals surface area contributed by atoms with Gasteiger partial charge in [-0.2, -0.15) is 0 Å². The molecule has 0 saturated carbocycles. The second-order valence-corrected chi connectivity index (χ2v) is 3.17. The van der Waals surface area contributed by atoms with Gasteiger partial charge in [0.05, 0.1) is 25.9 Å². The maximum atomic E-state index is 9.90. The molecule has 0 amide bonds. The van der Waals surface area contributed by atoms with Gasteiger partial charge in [-0.1, -0.05) is 6.07 Å². The van der Waals surface area contributed by atoms with Crippen molar-refractivity contribution in [2.24, 2.45) is 5.73 Å². The molecule has 4 heteroatoms. The zero-order valence-electron chi connectivity index (χ0n) is 9.06. The number of aliphatic hydroxyl groups excluding tert-OH is 1. The molecule has 0 aromatic heterocycles. The molecule has 1 rings (SSSR count). The van der Waals surface area contributed by atoms with Crippen LogP contribution in [0.5, 0.6) is 11.5 Å². The molecule has 1 aromatic carbocycles. The van der Waals surface area contributed by atoms with Gasteiger partial charge in [0.25, 0.3) is 0 Å². The van der Waals surface area contributed by atoms with E-state index in [-0.39, 0.29) is 0 Å². The SMILES string of the molecule is COc1cccc(OC)c1[C@@H](O)CCN. The number of hydrogen-bond donors (Lipinski definition) is 2. The molecule has 0 aliphatic carbocycles. The van der Waals surface area contributed by atoms with E-state index >= 15 is 0 Å². The quantitative estimate of drug-likeness (QED) is 0.765. The molecule has 0 unspecified atom stereocenters. The summed E-state index contributed by atoms with van der Waals surface area (Å²) in [7, 11) is 3.13. The van der Waals surface area contributed by atoms with Gasteiger partial charge >= 0.3 is 0 Å². The number of methoxy groups -OCH3 is 2. The van der Waals surface area contributed by atoms with Crippen LogP contribution >= 0.6 is 0 Å². The van der Waals surface area contributed by atoms with Gasteiger partial charge in [0.15, 0.2) is 0 Å². The summed E-state index contributed by atoms with van der Waals surface area (Å²) in [6, 6.07) is 5.39. The molecule has 84 valence electrons. The molecule has 0 saturated heterocycles. The first-order valence-electron chi connectivity index (χ1n) is 4.83. The highest BCUT2D eigenvalue weighted by atomic mass is 16.5. The molecule has 0 fully saturated rings. The standard InChI is InChI=1S/C11H17NO3/c1-14-9-4-3-5-10(15-2)11(9)8(13)6-7-12/h3-5,8,13H,6-7,12H2,1-2H3/t8-/m0/s1. The second kappa shape index (κ2) is 5.58. The first-order chi connectivity index (χ1) is 7.24. The maximum absolute atomic E-state index is 9.90. The number of benzene rings is 1. The van der Waals surface area contributed by atoms with E-state index in [0.717, 1.165) is 0 Å². The van der Waals surface area contributed by atoms with Crippen LogP contribution in [0.1, 0.15) is 18.1 Å². The van der Waals surface area contributed by atoms with E-state index in [0.29, 0.717) is 30.0 Å². The number of aliphatic hydroxyl groups is 1. The molecule has 0 bridgehead atoms. The van der Waals surface area contributed by atoms with Crippen LogP contribution in [0.4, 0.5) is 0 Å². The predicted octanol–water partition coefficient (Wildman–Crippen LogP) is 1.09. The minimum atomic E-state index is -0.652. The third-order valence-corrected chi connectivity index (χ3v) is 2.24. The Morgan fingerprint density at radius 2 is 1.80 bits per heavy atom. The van der Waals surface area contributed by atoms with E-state index in [4.69, 9.17) is 15.2 Å². The Kier molecular flexibility index (Phi) is 4.39. The summed E-state index contributed by atoms with van der Waals surface area (Å²) < 4.78 is 10.3. The molecule has 15 heavy (non-hydrogen) atoms. The van der Waals surface area contributed by atoms with Gasteiger partial charge in [0, 0.05) is 0 Å². The average Bonchev–Trinajstić information content (AvgIpc) is 2.28. The summed E-state index contributed by atoms with van der Waals surface area (Å²) in [5, 5.41) is 9.90. The lowest BCUT2D eigenvalue weighted by atomic mass is 10.0. The van der Waals surface area contributed by atoms with Crippen LogP contribution in [-0.2, 0) is 0 Å². The Morgan fingerprint density at radius 3 is 2.20 bits per heavy atom. The molecule has 1 atom stereocenters. The van der Waals surface area contributed by atoms with Gasteiger partial charge in [0.2, 0.25) is 0 Å². The fourth-order valence-corrected chi connectivity index (χ4v) is 1.51. The molecule has 0 spiro atoms. The van der Waals surface area contributed by atoms with Crippen molar-refractivity contribution in [1.29, 1.82) is 0 Å². The lowest BCUT2D eigenvalue weighted by molar-refractivity contribution is 0.161. The van der Waals surface area contributed by atoms with Gasteiger partial charge in [-0.25, -0.2) is 0 Å². The highest BCUT2D eigenvalue weighted by Crippen LogP contribution is 2.34. The summed E-state index contributed by atoms with van der Waals surface area (Å²) >= 11 is 0. The molecule has 0 aliphatic heterocycles. The van der Waals surface area contributed by atoms with Crippen molar-refractivity contribution < 1.29 is 14.6 Å². The Bertz CT molecular complexity index is 292. The fourth-order valence-electron chi connectivity index (χ4n) is 1.51. The van der Waals surface area contributed by atoms with Gasteiger partial charge < -0.3 is 20.3 Å². The fraction of sp³-hybridized carbons (Fsp3) is 0.455. The highest BCUT2D eigenvalue weighted by molar-refractivity contribution is 5.46. The summed E-state index contributed by atoms with van der Waals surface area (Å²) in [5.74, 6) is 1.24. The van der Waals surface area contributed by atoms with Gasteiger partial charge in [-0.15, -0.1) is 0 Å². The maximum Gasteiger partial charge on any atom is 0.128 e. The monoisotopic (exact) mass is 211 g/mol. The van der Waals surface area contributed by atoms with Crippen LogP contribution in [-0.4, -0.2) is 25.9 Å². The van der Waals surface area contributed by atoms with Gasteiger partial charge in [-0.05, 0) is 25.1 Å². The molecule has 1 aromatic rings. The molecule has 4 nitrogen and oxygen atoms in total. The third kappa shape index (κ3) is 2.61. The largest absolute Gasteiger partial charge is 0.496 e. The third-order valence-electron chi connectivity index (χ3n) is 2.24. The van der Waals surface area contributed by atoms with E-state index in [9.17, 15) is 5.11 Å². The van der Waals surface area contributed by atoms with Crippen molar-refractivity contribution in [1.82, 2.24) is 0 Å². The Hall–Kier alpha value is -1.26. The molecule has 0 radical (unpaired) electrons. The Morgan fingerprint density at radius 1 is 1.27 bits per heavy atom. The molecule has 0 aliphatic rings. The minimum Gasteiger partial charge on any atom is -0.496 e. The van der Waals surface area contributed by atoms with Crippen LogP contribution < -0.4 is 15.2 Å². The Balaban J connectivity index is 3.09. The van der Waals surface area contributed by atoms with E-state index in [1.54, 1.807) is 26.4 Å². The Labute approximate surface area is 89.6 Å². The normalized spacial score (nSPS) is 12.3. The van der Waals surface area contributed by atoms with Crippen LogP contribution in [0.15, 0.2) is 18.2 Å². The zero-order valence-corrected chi connectivity index (χ0v) is 9.06. The molecule has 3 N–H and O–H groups in total.